The summed E-state index contributed by atoms with van der Waals surface area (Å²) < 4.78 is 0. The Morgan fingerprint density at radius 2 is 1.29 bits per heavy atom. The molecule has 2 aromatic carbocycles. The first-order valence-electron chi connectivity index (χ1n) is 17.4. The molecule has 0 spiro atoms. The highest BCUT2D eigenvalue weighted by atomic mass is 16.2. The molecule has 0 aromatic heterocycles. The first-order valence-corrected chi connectivity index (χ1v) is 17.4. The molecular weight excluding hydrogens is 658 g/mol. The summed E-state index contributed by atoms with van der Waals surface area (Å²) in [4.78, 5) is 115. The van der Waals surface area contributed by atoms with Crippen molar-refractivity contribution >= 4 is 58.7 Å². The molecule has 4 heterocycles. The zero-order valence-electron chi connectivity index (χ0n) is 28.1. The number of unbranched alkanes of at least 4 members (excludes halogenated alkanes) is 5. The van der Waals surface area contributed by atoms with Crippen molar-refractivity contribution in [1.29, 1.82) is 0 Å². The minimum atomic E-state index is -1.07. The van der Waals surface area contributed by atoms with Crippen molar-refractivity contribution in [3.63, 3.8) is 0 Å². The number of Topliss-reactive ketones (excluding diaryl/α,β-unsaturated/α-hetero) is 1. The van der Waals surface area contributed by atoms with Crippen LogP contribution in [0.1, 0.15) is 119 Å². The molecule has 4 aliphatic rings. The first kappa shape index (κ1) is 35.3. The van der Waals surface area contributed by atoms with Gasteiger partial charge in [-0.3, -0.25) is 58.7 Å². The predicted octanol–water partition coefficient (Wildman–Crippen LogP) is 2.72. The fourth-order valence-electron chi connectivity index (χ4n) is 7.26. The fourth-order valence-corrected chi connectivity index (χ4v) is 7.26. The van der Waals surface area contributed by atoms with Gasteiger partial charge in [0.05, 0.1) is 11.1 Å². The van der Waals surface area contributed by atoms with Gasteiger partial charge < -0.3 is 10.2 Å². The van der Waals surface area contributed by atoms with Gasteiger partial charge in [0.15, 0.2) is 0 Å². The quantitative estimate of drug-likeness (QED) is 0.196. The number of piperidine rings is 2. The van der Waals surface area contributed by atoms with Crippen molar-refractivity contribution in [2.45, 2.75) is 102 Å². The number of nitrogens with zero attached hydrogens (tertiary/aromatic N) is 2. The van der Waals surface area contributed by atoms with E-state index in [0.717, 1.165) is 30.6 Å². The maximum Gasteiger partial charge on any atom is 0.262 e. The van der Waals surface area contributed by atoms with Gasteiger partial charge in [0.1, 0.15) is 17.9 Å². The van der Waals surface area contributed by atoms with E-state index in [1.165, 1.54) is 11.0 Å². The summed E-state index contributed by atoms with van der Waals surface area (Å²) in [7, 11) is 0. The molecule has 2 atom stereocenters. The number of nitrogens with one attached hydrogen (secondary N) is 3. The maximum atomic E-state index is 13.3. The lowest BCUT2D eigenvalue weighted by atomic mass is 9.96. The standard InChI is InChI=1S/C37H39N5O9/c43-22(19-21-9-7-12-24-32(21)37(51)42(36(24)50)28-16-18-31(46)40-34(28)48)10-5-3-1-2-4-6-14-29(44)38-26-13-8-11-23-25(26)20-41(35(23)49)27-15-17-30(45)39-33(27)47/h7-9,11-13,27-28H,1-6,10,14-20H2,(H,38,44)(H,39,45,47)(H,40,46,48). The molecule has 14 nitrogen and oxygen atoms in total. The van der Waals surface area contributed by atoms with Crippen LogP contribution in [0.4, 0.5) is 5.69 Å². The van der Waals surface area contributed by atoms with Crippen LogP contribution in [0.25, 0.3) is 0 Å². The molecule has 2 unspecified atom stereocenters. The van der Waals surface area contributed by atoms with Crippen LogP contribution < -0.4 is 16.0 Å². The van der Waals surface area contributed by atoms with E-state index in [1.54, 1.807) is 30.3 Å². The predicted molar refractivity (Wildman–Crippen MR) is 180 cm³/mol. The lowest BCUT2D eigenvalue weighted by Crippen LogP contribution is -2.54. The average Bonchev–Trinajstić information content (AvgIpc) is 3.56. The Balaban J connectivity index is 0.891. The highest BCUT2D eigenvalue weighted by Gasteiger charge is 2.45. The largest absolute Gasteiger partial charge is 0.326 e. The molecule has 8 amide bonds. The number of anilines is 1. The Morgan fingerprint density at radius 3 is 1.98 bits per heavy atom. The second-order valence-electron chi connectivity index (χ2n) is 13.4. The van der Waals surface area contributed by atoms with Crippen molar-refractivity contribution in [3.8, 4) is 0 Å². The molecule has 14 heteroatoms. The number of hydrogen-bond donors (Lipinski definition) is 3. The van der Waals surface area contributed by atoms with Gasteiger partial charge >= 0.3 is 0 Å². The second-order valence-corrected chi connectivity index (χ2v) is 13.4. The van der Waals surface area contributed by atoms with E-state index in [9.17, 15) is 43.2 Å². The second kappa shape index (κ2) is 15.2. The number of rotatable bonds is 14. The fraction of sp³-hybridized carbons (Fsp3) is 0.432. The van der Waals surface area contributed by atoms with Gasteiger partial charge in [-0.25, -0.2) is 0 Å². The van der Waals surface area contributed by atoms with E-state index in [-0.39, 0.29) is 73.3 Å². The SMILES string of the molecule is O=C(CCCCCCCCC(=O)Nc1cccc2c1CN(C1CCC(=O)NC1=O)C2=O)Cc1cccc2c1C(=O)N(C1CCC(=O)NC1=O)C2=O. The van der Waals surface area contributed by atoms with Crippen LogP contribution in [0.2, 0.25) is 0 Å². The highest BCUT2D eigenvalue weighted by molar-refractivity contribution is 6.24. The molecule has 2 fully saturated rings. The summed E-state index contributed by atoms with van der Waals surface area (Å²) in [5.74, 6) is -3.73. The molecule has 2 aromatic rings. The molecule has 0 radical (unpaired) electrons. The van der Waals surface area contributed by atoms with Gasteiger partial charge in [0, 0.05) is 55.5 Å². The molecular formula is C37H39N5O9. The van der Waals surface area contributed by atoms with Gasteiger partial charge in [0.25, 0.3) is 17.7 Å². The number of fused-ring (bicyclic) bond motifs is 2. The average molecular weight is 698 g/mol. The zero-order chi connectivity index (χ0) is 36.2. The van der Waals surface area contributed by atoms with Gasteiger partial charge in [-0.2, -0.15) is 0 Å². The Hall–Kier alpha value is -5.53. The minimum Gasteiger partial charge on any atom is -0.326 e. The molecule has 0 aliphatic carbocycles. The molecule has 266 valence electrons. The van der Waals surface area contributed by atoms with Crippen molar-refractivity contribution in [3.05, 3.63) is 64.2 Å². The molecule has 51 heavy (non-hydrogen) atoms. The lowest BCUT2D eigenvalue weighted by Gasteiger charge is -2.29. The van der Waals surface area contributed by atoms with Gasteiger partial charge in [-0.1, -0.05) is 43.9 Å². The molecule has 0 saturated carbocycles. The molecule has 0 bridgehead atoms. The highest BCUT2D eigenvalue weighted by Crippen LogP contribution is 2.33. The molecule has 3 N–H and O–H groups in total. The van der Waals surface area contributed by atoms with Crippen LogP contribution in [0, 0.1) is 0 Å². The third-order valence-electron chi connectivity index (χ3n) is 9.91. The molecule has 2 saturated heterocycles. The first-order chi connectivity index (χ1) is 24.5. The summed E-state index contributed by atoms with van der Waals surface area (Å²) >= 11 is 0. The van der Waals surface area contributed by atoms with Crippen molar-refractivity contribution < 1.29 is 43.2 Å². The van der Waals surface area contributed by atoms with Crippen LogP contribution in [0.5, 0.6) is 0 Å². The maximum absolute atomic E-state index is 13.3. The van der Waals surface area contributed by atoms with Crippen molar-refractivity contribution in [1.82, 2.24) is 20.4 Å². The Kier molecular flexibility index (Phi) is 10.5. The van der Waals surface area contributed by atoms with Crippen LogP contribution in [-0.2, 0) is 41.7 Å². The summed E-state index contributed by atoms with van der Waals surface area (Å²) in [6.45, 7) is 0.175. The van der Waals surface area contributed by atoms with Crippen LogP contribution in [0.15, 0.2) is 36.4 Å². The number of carbonyl (C=O) groups is 9. The monoisotopic (exact) mass is 697 g/mol. The number of benzene rings is 2. The van der Waals surface area contributed by atoms with E-state index in [2.05, 4.69) is 16.0 Å². The van der Waals surface area contributed by atoms with Gasteiger partial charge in [-0.15, -0.1) is 0 Å². The zero-order valence-corrected chi connectivity index (χ0v) is 28.1. The third kappa shape index (κ3) is 7.49. The van der Waals surface area contributed by atoms with Crippen molar-refractivity contribution in [2.24, 2.45) is 0 Å². The topological polar surface area (TPSA) is 196 Å². The van der Waals surface area contributed by atoms with E-state index in [4.69, 9.17) is 0 Å². The van der Waals surface area contributed by atoms with E-state index >= 15 is 0 Å². The summed E-state index contributed by atoms with van der Waals surface area (Å²) in [5, 5.41) is 7.37. The number of amides is 8. The van der Waals surface area contributed by atoms with Crippen LogP contribution in [-0.4, -0.2) is 74.9 Å². The summed E-state index contributed by atoms with van der Waals surface area (Å²) in [6.07, 6.45) is 5.87. The third-order valence-corrected chi connectivity index (χ3v) is 9.91. The number of ketones is 1. The Labute approximate surface area is 293 Å². The van der Waals surface area contributed by atoms with Crippen molar-refractivity contribution in [2.75, 3.05) is 5.32 Å². The van der Waals surface area contributed by atoms with Crippen LogP contribution >= 0.6 is 0 Å². The van der Waals surface area contributed by atoms with E-state index in [0.29, 0.717) is 48.1 Å². The normalized spacial score (nSPS) is 20.0. The molecule has 6 rings (SSSR count). The summed E-state index contributed by atoms with van der Waals surface area (Å²) in [5.41, 5.74) is 2.37. The van der Waals surface area contributed by atoms with Crippen LogP contribution in [0.3, 0.4) is 0 Å². The smallest absolute Gasteiger partial charge is 0.262 e. The van der Waals surface area contributed by atoms with Gasteiger partial charge in [-0.05, 0) is 49.4 Å². The van der Waals surface area contributed by atoms with E-state index < -0.39 is 41.6 Å². The van der Waals surface area contributed by atoms with Gasteiger partial charge in [0.2, 0.25) is 29.5 Å². The Morgan fingerprint density at radius 1 is 0.686 bits per heavy atom. The number of carbonyl (C=O) groups excluding carboxylic acids is 9. The molecule has 4 aliphatic heterocycles. The Bertz CT molecular complexity index is 1850. The minimum absolute atomic E-state index is 0.00572. The van der Waals surface area contributed by atoms with E-state index in [1.807, 2.05) is 0 Å². The lowest BCUT2D eigenvalue weighted by molar-refractivity contribution is -0.138. The number of hydrogen-bond acceptors (Lipinski definition) is 9. The number of imide groups is 3. The summed E-state index contributed by atoms with van der Waals surface area (Å²) in [6, 6.07) is 8.07.